The van der Waals surface area contributed by atoms with Crippen LogP contribution in [0.25, 0.3) is 0 Å². The standard InChI is InChI=1S/C13H23NOS/c14-1-2-16(15)8-13-11-4-9-3-10(6-11)7-12(13)5-9/h9-13H,1-8,14H2. The molecule has 1 atom stereocenters. The lowest BCUT2D eigenvalue weighted by molar-refractivity contribution is -0.0264. The Balaban J connectivity index is 1.65. The molecule has 3 heteroatoms. The minimum atomic E-state index is -0.648. The molecule has 2 nitrogen and oxygen atoms in total. The fourth-order valence-electron chi connectivity index (χ4n) is 4.74. The van der Waals surface area contributed by atoms with Crippen LogP contribution in [0.1, 0.15) is 32.1 Å². The Bertz CT molecular complexity index is 264. The quantitative estimate of drug-likeness (QED) is 0.815. The monoisotopic (exact) mass is 241 g/mol. The molecule has 2 N–H and O–H groups in total. The lowest BCUT2D eigenvalue weighted by Crippen LogP contribution is -2.47. The van der Waals surface area contributed by atoms with Crippen molar-refractivity contribution in [2.45, 2.75) is 32.1 Å². The molecule has 4 aliphatic rings. The van der Waals surface area contributed by atoms with E-state index in [9.17, 15) is 4.21 Å². The molecule has 0 radical (unpaired) electrons. The van der Waals surface area contributed by atoms with Crippen molar-refractivity contribution in [2.24, 2.45) is 35.3 Å². The second-order valence-corrected chi connectivity index (χ2v) is 7.82. The first-order valence-corrected chi connectivity index (χ1v) is 8.30. The van der Waals surface area contributed by atoms with Gasteiger partial charge in [0, 0.05) is 28.9 Å². The Morgan fingerprint density at radius 2 is 1.56 bits per heavy atom. The Hall–Kier alpha value is 0.110. The third kappa shape index (κ3) is 1.97. The molecule has 0 saturated heterocycles. The van der Waals surface area contributed by atoms with Crippen molar-refractivity contribution in [1.29, 1.82) is 0 Å². The average Bonchev–Trinajstić information content (AvgIpc) is 2.23. The Morgan fingerprint density at radius 1 is 1.00 bits per heavy atom. The van der Waals surface area contributed by atoms with E-state index in [2.05, 4.69) is 0 Å². The number of rotatable bonds is 4. The van der Waals surface area contributed by atoms with Crippen LogP contribution in [0.2, 0.25) is 0 Å². The molecule has 0 aromatic rings. The summed E-state index contributed by atoms with van der Waals surface area (Å²) in [5, 5.41) is 0. The highest BCUT2D eigenvalue weighted by molar-refractivity contribution is 7.85. The van der Waals surface area contributed by atoms with Crippen molar-refractivity contribution < 1.29 is 4.21 Å². The molecule has 1 unspecified atom stereocenters. The van der Waals surface area contributed by atoms with Crippen LogP contribution in [0, 0.1) is 29.6 Å². The van der Waals surface area contributed by atoms with Crippen LogP contribution >= 0.6 is 0 Å². The van der Waals surface area contributed by atoms with Crippen molar-refractivity contribution in [3.8, 4) is 0 Å². The van der Waals surface area contributed by atoms with Gasteiger partial charge in [0.1, 0.15) is 0 Å². The zero-order chi connectivity index (χ0) is 11.1. The van der Waals surface area contributed by atoms with Gasteiger partial charge in [-0.1, -0.05) is 0 Å². The minimum absolute atomic E-state index is 0.583. The number of nitrogens with two attached hydrogens (primary N) is 1. The van der Waals surface area contributed by atoms with Gasteiger partial charge in [-0.3, -0.25) is 4.21 Å². The molecule has 0 aromatic carbocycles. The van der Waals surface area contributed by atoms with Crippen molar-refractivity contribution in [2.75, 3.05) is 18.1 Å². The molecule has 4 aliphatic carbocycles. The summed E-state index contributed by atoms with van der Waals surface area (Å²) in [5.41, 5.74) is 5.49. The van der Waals surface area contributed by atoms with E-state index in [1.165, 1.54) is 32.1 Å². The molecule has 4 fully saturated rings. The Labute approximate surface area is 101 Å². The molecule has 4 saturated carbocycles. The predicted molar refractivity (Wildman–Crippen MR) is 67.5 cm³/mol. The van der Waals surface area contributed by atoms with Crippen LogP contribution < -0.4 is 5.73 Å². The van der Waals surface area contributed by atoms with Crippen molar-refractivity contribution in [3.05, 3.63) is 0 Å². The molecule has 0 amide bonds. The number of hydrogen-bond donors (Lipinski definition) is 1. The highest BCUT2D eigenvalue weighted by atomic mass is 32.2. The van der Waals surface area contributed by atoms with Crippen LogP contribution in [0.15, 0.2) is 0 Å². The predicted octanol–water partition coefficient (Wildman–Crippen LogP) is 1.77. The van der Waals surface area contributed by atoms with Gasteiger partial charge in [-0.15, -0.1) is 0 Å². The summed E-state index contributed by atoms with van der Waals surface area (Å²) >= 11 is 0. The SMILES string of the molecule is NCCS(=O)CC1C2CC3CC(C2)CC1C3. The van der Waals surface area contributed by atoms with Gasteiger partial charge in [-0.05, 0) is 61.7 Å². The Kier molecular flexibility index (Phi) is 3.09. The zero-order valence-electron chi connectivity index (χ0n) is 9.94. The van der Waals surface area contributed by atoms with Gasteiger partial charge in [-0.25, -0.2) is 0 Å². The molecule has 0 heterocycles. The molecule has 0 aliphatic heterocycles. The van der Waals surface area contributed by atoms with Gasteiger partial charge in [0.05, 0.1) is 0 Å². The summed E-state index contributed by atoms with van der Waals surface area (Å²) in [6.07, 6.45) is 7.27. The molecule has 4 rings (SSSR count). The van der Waals surface area contributed by atoms with Crippen molar-refractivity contribution >= 4 is 10.8 Å². The van der Waals surface area contributed by atoms with Gasteiger partial charge < -0.3 is 5.73 Å². The normalized spacial score (nSPS) is 47.2. The van der Waals surface area contributed by atoms with Gasteiger partial charge in [-0.2, -0.15) is 0 Å². The number of hydrogen-bond acceptors (Lipinski definition) is 2. The first-order valence-electron chi connectivity index (χ1n) is 6.81. The average molecular weight is 241 g/mol. The smallest absolute Gasteiger partial charge is 0.0357 e. The molecule has 16 heavy (non-hydrogen) atoms. The van der Waals surface area contributed by atoms with Crippen LogP contribution in [0.4, 0.5) is 0 Å². The molecular weight excluding hydrogens is 218 g/mol. The zero-order valence-corrected chi connectivity index (χ0v) is 10.8. The fourth-order valence-corrected chi connectivity index (χ4v) is 6.14. The van der Waals surface area contributed by atoms with E-state index in [0.717, 1.165) is 35.3 Å². The maximum atomic E-state index is 11.9. The van der Waals surface area contributed by atoms with E-state index in [0.29, 0.717) is 12.3 Å². The van der Waals surface area contributed by atoms with E-state index in [1.807, 2.05) is 0 Å². The second-order valence-electron chi connectivity index (χ2n) is 6.19. The summed E-state index contributed by atoms with van der Waals surface area (Å²) in [4.78, 5) is 0. The van der Waals surface area contributed by atoms with Crippen LogP contribution in [0.5, 0.6) is 0 Å². The van der Waals surface area contributed by atoms with Crippen LogP contribution in [-0.4, -0.2) is 22.3 Å². The van der Waals surface area contributed by atoms with Gasteiger partial charge >= 0.3 is 0 Å². The lowest BCUT2D eigenvalue weighted by Gasteiger charge is -2.54. The Morgan fingerprint density at radius 3 is 2.06 bits per heavy atom. The van der Waals surface area contributed by atoms with Crippen LogP contribution in [-0.2, 0) is 10.8 Å². The molecule has 0 spiro atoms. The third-order valence-corrected chi connectivity index (χ3v) is 6.59. The first kappa shape index (κ1) is 11.2. The summed E-state index contributed by atoms with van der Waals surface area (Å²) in [5.74, 6) is 6.33. The van der Waals surface area contributed by atoms with Crippen molar-refractivity contribution in [3.63, 3.8) is 0 Å². The van der Waals surface area contributed by atoms with E-state index in [-0.39, 0.29) is 0 Å². The van der Waals surface area contributed by atoms with Gasteiger partial charge in [0.25, 0.3) is 0 Å². The van der Waals surface area contributed by atoms with Gasteiger partial charge in [0.2, 0.25) is 0 Å². The van der Waals surface area contributed by atoms with E-state index in [4.69, 9.17) is 5.73 Å². The molecular formula is C13H23NOS. The van der Waals surface area contributed by atoms with E-state index < -0.39 is 10.8 Å². The first-order chi connectivity index (χ1) is 7.76. The lowest BCUT2D eigenvalue weighted by atomic mass is 9.52. The summed E-state index contributed by atoms with van der Waals surface area (Å²) in [6.45, 7) is 0.583. The molecule has 92 valence electrons. The highest BCUT2D eigenvalue weighted by Crippen LogP contribution is 2.56. The third-order valence-electron chi connectivity index (χ3n) is 5.15. The second kappa shape index (κ2) is 4.41. The summed E-state index contributed by atoms with van der Waals surface area (Å²) < 4.78 is 11.9. The minimum Gasteiger partial charge on any atom is -0.330 e. The fraction of sp³-hybridized carbons (Fsp3) is 1.00. The van der Waals surface area contributed by atoms with Crippen molar-refractivity contribution in [1.82, 2.24) is 0 Å². The van der Waals surface area contributed by atoms with E-state index in [1.54, 1.807) is 0 Å². The molecule has 0 aromatic heterocycles. The van der Waals surface area contributed by atoms with Gasteiger partial charge in [0.15, 0.2) is 0 Å². The largest absolute Gasteiger partial charge is 0.330 e. The molecule has 4 bridgehead atoms. The summed E-state index contributed by atoms with van der Waals surface area (Å²) in [6, 6.07) is 0. The highest BCUT2D eigenvalue weighted by Gasteiger charge is 2.48. The van der Waals surface area contributed by atoms with E-state index >= 15 is 0 Å². The maximum absolute atomic E-state index is 11.9. The maximum Gasteiger partial charge on any atom is 0.0357 e. The summed E-state index contributed by atoms with van der Waals surface area (Å²) in [7, 11) is -0.648. The topological polar surface area (TPSA) is 43.1 Å². The van der Waals surface area contributed by atoms with Crippen LogP contribution in [0.3, 0.4) is 0 Å².